The first-order chi connectivity index (χ1) is 9.27. The molecule has 0 fully saturated rings. The highest BCUT2D eigenvalue weighted by Gasteiger charge is 2.34. The lowest BCUT2D eigenvalue weighted by Gasteiger charge is -2.13. The minimum Gasteiger partial charge on any atom is -0.330 e. The van der Waals surface area contributed by atoms with E-state index in [1.807, 2.05) is 6.92 Å². The number of nitrogens with two attached hydrogens (primary N) is 1. The van der Waals surface area contributed by atoms with Crippen LogP contribution < -0.4 is 11.1 Å². The third-order valence-corrected chi connectivity index (χ3v) is 2.94. The van der Waals surface area contributed by atoms with E-state index in [-0.39, 0.29) is 18.0 Å². The van der Waals surface area contributed by atoms with E-state index in [0.29, 0.717) is 25.1 Å². The Kier molecular flexibility index (Phi) is 5.50. The van der Waals surface area contributed by atoms with Crippen molar-refractivity contribution in [3.8, 4) is 0 Å². The fourth-order valence-corrected chi connectivity index (χ4v) is 1.69. The maximum absolute atomic E-state index is 13.1. The molecule has 0 saturated carbocycles. The molecule has 3 nitrogen and oxygen atoms in total. The minimum absolute atomic E-state index is 0.0301. The number of benzene rings is 1. The van der Waals surface area contributed by atoms with Gasteiger partial charge in [0.25, 0.3) is 0 Å². The van der Waals surface area contributed by atoms with Crippen LogP contribution in [0.4, 0.5) is 23.2 Å². The number of alkyl halides is 3. The molecule has 1 aromatic rings. The highest BCUT2D eigenvalue weighted by atomic mass is 19.4. The Balaban J connectivity index is 2.81. The van der Waals surface area contributed by atoms with Crippen molar-refractivity contribution < 1.29 is 22.4 Å². The van der Waals surface area contributed by atoms with Crippen molar-refractivity contribution in [2.45, 2.75) is 25.9 Å². The van der Waals surface area contributed by atoms with E-state index in [4.69, 9.17) is 5.73 Å². The number of halogens is 4. The van der Waals surface area contributed by atoms with E-state index < -0.39 is 23.5 Å². The van der Waals surface area contributed by atoms with Crippen LogP contribution in [0, 0.1) is 11.7 Å². The van der Waals surface area contributed by atoms with Crippen molar-refractivity contribution >= 4 is 11.6 Å². The number of hydrogen-bond donors (Lipinski definition) is 2. The number of amides is 1. The van der Waals surface area contributed by atoms with Crippen LogP contribution in [0.3, 0.4) is 0 Å². The Labute approximate surface area is 114 Å². The summed E-state index contributed by atoms with van der Waals surface area (Å²) in [5.41, 5.74) is 3.96. The van der Waals surface area contributed by atoms with E-state index in [9.17, 15) is 22.4 Å². The Bertz CT molecular complexity index is 470. The van der Waals surface area contributed by atoms with Crippen molar-refractivity contribution in [2.75, 3.05) is 11.9 Å². The van der Waals surface area contributed by atoms with Crippen LogP contribution in [0.15, 0.2) is 18.2 Å². The number of carbonyl (C=O) groups is 1. The summed E-state index contributed by atoms with van der Waals surface area (Å²) < 4.78 is 50.6. The van der Waals surface area contributed by atoms with Gasteiger partial charge in [0.15, 0.2) is 0 Å². The van der Waals surface area contributed by atoms with Crippen molar-refractivity contribution in [1.29, 1.82) is 0 Å². The summed E-state index contributed by atoms with van der Waals surface area (Å²) in [5.74, 6) is -1.84. The van der Waals surface area contributed by atoms with E-state index in [2.05, 4.69) is 5.32 Å². The number of anilines is 1. The molecule has 1 rings (SSSR count). The van der Waals surface area contributed by atoms with Crippen LogP contribution in [0.5, 0.6) is 0 Å². The van der Waals surface area contributed by atoms with Gasteiger partial charge in [-0.1, -0.05) is 13.3 Å². The molecule has 1 atom stereocenters. The Morgan fingerprint density at radius 3 is 2.55 bits per heavy atom. The first-order valence-corrected chi connectivity index (χ1v) is 6.14. The van der Waals surface area contributed by atoms with Crippen LogP contribution in [0.1, 0.15) is 25.3 Å². The number of hydrogen-bond acceptors (Lipinski definition) is 2. The second-order valence-electron chi connectivity index (χ2n) is 4.45. The summed E-state index contributed by atoms with van der Waals surface area (Å²) >= 11 is 0. The largest absolute Gasteiger partial charge is 0.419 e. The molecule has 1 amide bonds. The molecular weight excluding hydrogens is 276 g/mol. The predicted octanol–water partition coefficient (Wildman–Crippen LogP) is 3.16. The lowest BCUT2D eigenvalue weighted by atomic mass is 10.0. The minimum atomic E-state index is -4.80. The third-order valence-electron chi connectivity index (χ3n) is 2.94. The van der Waals surface area contributed by atoms with Gasteiger partial charge in [-0.3, -0.25) is 4.79 Å². The smallest absolute Gasteiger partial charge is 0.330 e. The Morgan fingerprint density at radius 1 is 1.40 bits per heavy atom. The standard InChI is InChI=1S/C13H16F4N2O/c1-2-8(7-18)5-12(20)19-9-3-4-11(14)10(6-9)13(15,16)17/h3-4,6,8H,2,5,7,18H2,1H3,(H,19,20). The zero-order valence-corrected chi connectivity index (χ0v) is 10.9. The highest BCUT2D eigenvalue weighted by Crippen LogP contribution is 2.33. The quantitative estimate of drug-likeness (QED) is 0.819. The van der Waals surface area contributed by atoms with Crippen LogP contribution in [0.25, 0.3) is 0 Å². The fraction of sp³-hybridized carbons (Fsp3) is 0.462. The van der Waals surface area contributed by atoms with Crippen LogP contribution in [-0.2, 0) is 11.0 Å². The zero-order chi connectivity index (χ0) is 15.3. The van der Waals surface area contributed by atoms with E-state index >= 15 is 0 Å². The summed E-state index contributed by atoms with van der Waals surface area (Å²) in [6.45, 7) is 2.19. The molecule has 0 aromatic heterocycles. The molecule has 0 aliphatic rings. The average molecular weight is 292 g/mol. The number of nitrogens with one attached hydrogen (secondary N) is 1. The first kappa shape index (κ1) is 16.4. The summed E-state index contributed by atoms with van der Waals surface area (Å²) in [7, 11) is 0. The van der Waals surface area contributed by atoms with Gasteiger partial charge in [0.1, 0.15) is 5.82 Å². The normalized spacial score (nSPS) is 13.1. The van der Waals surface area contributed by atoms with Crippen molar-refractivity contribution in [1.82, 2.24) is 0 Å². The second-order valence-corrected chi connectivity index (χ2v) is 4.45. The van der Waals surface area contributed by atoms with Crippen LogP contribution in [0.2, 0.25) is 0 Å². The zero-order valence-electron chi connectivity index (χ0n) is 10.9. The number of carbonyl (C=O) groups excluding carboxylic acids is 1. The molecule has 0 heterocycles. The maximum atomic E-state index is 13.1. The SMILES string of the molecule is CCC(CN)CC(=O)Nc1ccc(F)c(C(F)(F)F)c1. The van der Waals surface area contributed by atoms with E-state index in [1.165, 1.54) is 0 Å². The Hall–Kier alpha value is -1.63. The molecule has 0 bridgehead atoms. The van der Waals surface area contributed by atoms with E-state index in [0.717, 1.165) is 6.07 Å². The molecule has 0 aliphatic heterocycles. The fourth-order valence-electron chi connectivity index (χ4n) is 1.69. The predicted molar refractivity (Wildman–Crippen MR) is 67.5 cm³/mol. The number of rotatable bonds is 5. The van der Waals surface area contributed by atoms with Crippen molar-refractivity contribution in [2.24, 2.45) is 11.7 Å². The topological polar surface area (TPSA) is 55.1 Å². The van der Waals surface area contributed by atoms with Crippen molar-refractivity contribution in [3.05, 3.63) is 29.6 Å². The van der Waals surface area contributed by atoms with Gasteiger partial charge in [-0.25, -0.2) is 4.39 Å². The molecule has 7 heteroatoms. The van der Waals surface area contributed by atoms with Gasteiger partial charge in [0, 0.05) is 12.1 Å². The van der Waals surface area contributed by atoms with Crippen molar-refractivity contribution in [3.63, 3.8) is 0 Å². The Morgan fingerprint density at radius 2 is 2.05 bits per heavy atom. The third kappa shape index (κ3) is 4.48. The van der Waals surface area contributed by atoms with Gasteiger partial charge >= 0.3 is 6.18 Å². The molecule has 1 unspecified atom stereocenters. The summed E-state index contributed by atoms with van der Waals surface area (Å²) in [6.07, 6.45) is -3.99. The molecule has 0 aliphatic carbocycles. The van der Waals surface area contributed by atoms with Gasteiger partial charge in [-0.15, -0.1) is 0 Å². The molecule has 3 N–H and O–H groups in total. The van der Waals surface area contributed by atoms with Gasteiger partial charge in [-0.2, -0.15) is 13.2 Å². The van der Waals surface area contributed by atoms with Crippen LogP contribution in [-0.4, -0.2) is 12.5 Å². The molecule has 1 aromatic carbocycles. The monoisotopic (exact) mass is 292 g/mol. The second kappa shape index (κ2) is 6.69. The van der Waals surface area contributed by atoms with E-state index in [1.54, 1.807) is 0 Å². The highest BCUT2D eigenvalue weighted by molar-refractivity contribution is 5.90. The molecular formula is C13H16F4N2O. The first-order valence-electron chi connectivity index (χ1n) is 6.14. The molecule has 0 spiro atoms. The lowest BCUT2D eigenvalue weighted by Crippen LogP contribution is -2.22. The molecule has 112 valence electrons. The maximum Gasteiger partial charge on any atom is 0.419 e. The van der Waals surface area contributed by atoms with Gasteiger partial charge in [-0.05, 0) is 30.7 Å². The van der Waals surface area contributed by atoms with Gasteiger partial charge in [0.2, 0.25) is 5.91 Å². The molecule has 20 heavy (non-hydrogen) atoms. The van der Waals surface area contributed by atoms with Crippen LogP contribution >= 0.6 is 0 Å². The van der Waals surface area contributed by atoms with Gasteiger partial charge < -0.3 is 11.1 Å². The lowest BCUT2D eigenvalue weighted by molar-refractivity contribution is -0.140. The van der Waals surface area contributed by atoms with Gasteiger partial charge in [0.05, 0.1) is 5.56 Å². The molecule has 0 saturated heterocycles. The summed E-state index contributed by atoms with van der Waals surface area (Å²) in [4.78, 5) is 11.6. The molecule has 0 radical (unpaired) electrons. The summed E-state index contributed by atoms with van der Waals surface area (Å²) in [6, 6.07) is 2.35. The average Bonchev–Trinajstić information content (AvgIpc) is 2.37. The summed E-state index contributed by atoms with van der Waals surface area (Å²) in [5, 5.41) is 2.32.